The Hall–Kier alpha value is -3.89. The van der Waals surface area contributed by atoms with Crippen LogP contribution in [0.3, 0.4) is 0 Å². The van der Waals surface area contributed by atoms with Crippen LogP contribution in [0.5, 0.6) is 5.75 Å². The first-order chi connectivity index (χ1) is 13.9. The van der Waals surface area contributed by atoms with Crippen molar-refractivity contribution in [2.45, 2.75) is 19.6 Å². The third-order valence-corrected chi connectivity index (χ3v) is 4.31. The maximum Gasteiger partial charge on any atom is 0.358 e. The number of aromatic nitrogens is 2. The molecule has 0 spiro atoms. The molecule has 1 heterocycles. The molecule has 3 aromatic rings. The maximum atomic E-state index is 12.2. The van der Waals surface area contributed by atoms with E-state index < -0.39 is 29.1 Å². The Bertz CT molecular complexity index is 1160. The fraction of sp³-hybridized carbons (Fsp3) is 0.136. The van der Waals surface area contributed by atoms with Gasteiger partial charge in [-0.15, -0.1) is 0 Å². The molecule has 0 aliphatic rings. The van der Waals surface area contributed by atoms with Crippen LogP contribution in [0.2, 0.25) is 0 Å². The van der Waals surface area contributed by atoms with Gasteiger partial charge in [0.25, 0.3) is 5.56 Å². The van der Waals surface area contributed by atoms with E-state index >= 15 is 0 Å². The molecule has 0 fully saturated rings. The second-order valence-corrected chi connectivity index (χ2v) is 6.33. The lowest BCUT2D eigenvalue weighted by atomic mass is 10.1. The van der Waals surface area contributed by atoms with E-state index in [1.165, 1.54) is 6.92 Å². The average Bonchev–Trinajstić information content (AvgIpc) is 2.73. The number of aromatic carboxylic acids is 1. The Morgan fingerprint density at radius 3 is 2.24 bits per heavy atom. The number of aryl methyl sites for hydroxylation is 1. The molecule has 1 aromatic heterocycles. The molecule has 7 heteroatoms. The van der Waals surface area contributed by atoms with E-state index in [9.17, 15) is 19.8 Å². The van der Waals surface area contributed by atoms with Crippen LogP contribution in [0, 0.1) is 18.8 Å². The smallest absolute Gasteiger partial charge is 0.358 e. The first-order valence-corrected chi connectivity index (χ1v) is 8.75. The van der Waals surface area contributed by atoms with Crippen molar-refractivity contribution in [2.24, 2.45) is 0 Å². The van der Waals surface area contributed by atoms with E-state index in [4.69, 9.17) is 5.11 Å². The number of nitrogens with zero attached hydrogens (tertiary/aromatic N) is 2. The molecule has 1 unspecified atom stereocenters. The molecule has 3 N–H and O–H groups in total. The van der Waals surface area contributed by atoms with Crippen LogP contribution in [-0.2, 0) is 6.54 Å². The summed E-state index contributed by atoms with van der Waals surface area (Å²) in [5, 5.41) is 29.2. The van der Waals surface area contributed by atoms with Crippen LogP contribution >= 0.6 is 0 Å². The number of aromatic hydroxyl groups is 1. The number of carbonyl (C=O) groups is 1. The van der Waals surface area contributed by atoms with Crippen molar-refractivity contribution >= 4 is 5.97 Å². The SMILES string of the molecule is Cc1nc(C(=O)O)c(O)c(=O)n1CC(O)c1ccc(C#Cc2ccccc2)cc1. The van der Waals surface area contributed by atoms with Gasteiger partial charge in [-0.1, -0.05) is 42.2 Å². The summed E-state index contributed by atoms with van der Waals surface area (Å²) >= 11 is 0. The number of carboxylic acids is 1. The molecule has 146 valence electrons. The Morgan fingerprint density at radius 1 is 1.07 bits per heavy atom. The fourth-order valence-electron chi connectivity index (χ4n) is 2.75. The molecule has 0 amide bonds. The van der Waals surface area contributed by atoms with Gasteiger partial charge >= 0.3 is 5.97 Å². The second kappa shape index (κ2) is 8.42. The summed E-state index contributed by atoms with van der Waals surface area (Å²) in [5.41, 5.74) is 0.578. The number of aliphatic hydroxyl groups excluding tert-OH is 1. The van der Waals surface area contributed by atoms with Gasteiger partial charge in [0.1, 0.15) is 5.82 Å². The minimum Gasteiger partial charge on any atom is -0.501 e. The van der Waals surface area contributed by atoms with E-state index in [-0.39, 0.29) is 12.4 Å². The lowest BCUT2D eigenvalue weighted by molar-refractivity contribution is 0.0685. The lowest BCUT2D eigenvalue weighted by Crippen LogP contribution is -2.28. The largest absolute Gasteiger partial charge is 0.501 e. The van der Waals surface area contributed by atoms with Crippen molar-refractivity contribution in [3.05, 3.63) is 93.2 Å². The molecule has 2 aromatic carbocycles. The molecular formula is C22H18N2O5. The van der Waals surface area contributed by atoms with Crippen molar-refractivity contribution in [3.63, 3.8) is 0 Å². The highest BCUT2D eigenvalue weighted by Gasteiger charge is 2.20. The van der Waals surface area contributed by atoms with E-state index in [2.05, 4.69) is 16.8 Å². The van der Waals surface area contributed by atoms with Crippen molar-refractivity contribution in [3.8, 4) is 17.6 Å². The average molecular weight is 390 g/mol. The van der Waals surface area contributed by atoms with Gasteiger partial charge in [-0.3, -0.25) is 9.36 Å². The Labute approximate surface area is 166 Å². The molecule has 0 aliphatic heterocycles. The van der Waals surface area contributed by atoms with Gasteiger partial charge in [0.2, 0.25) is 5.75 Å². The Balaban J connectivity index is 1.79. The summed E-state index contributed by atoms with van der Waals surface area (Å²) < 4.78 is 1.04. The molecule has 3 rings (SSSR count). The summed E-state index contributed by atoms with van der Waals surface area (Å²) in [6.07, 6.45) is -1.06. The van der Waals surface area contributed by atoms with Gasteiger partial charge in [0.15, 0.2) is 5.69 Å². The molecule has 7 nitrogen and oxygen atoms in total. The molecule has 0 bridgehead atoms. The monoisotopic (exact) mass is 390 g/mol. The van der Waals surface area contributed by atoms with Crippen LogP contribution in [-0.4, -0.2) is 30.8 Å². The highest BCUT2D eigenvalue weighted by atomic mass is 16.4. The van der Waals surface area contributed by atoms with Crippen LogP contribution in [0.15, 0.2) is 59.4 Å². The number of hydrogen-bond donors (Lipinski definition) is 3. The first-order valence-electron chi connectivity index (χ1n) is 8.75. The summed E-state index contributed by atoms with van der Waals surface area (Å²) in [6, 6.07) is 16.4. The Kier molecular flexibility index (Phi) is 5.77. The highest BCUT2D eigenvalue weighted by molar-refractivity contribution is 5.88. The normalized spacial score (nSPS) is 11.4. The fourth-order valence-corrected chi connectivity index (χ4v) is 2.75. The molecule has 0 radical (unpaired) electrons. The summed E-state index contributed by atoms with van der Waals surface area (Å²) in [5.74, 6) is 3.70. The number of hydrogen-bond acceptors (Lipinski definition) is 5. The minimum absolute atomic E-state index is 0.0783. The quantitative estimate of drug-likeness (QED) is 0.588. The summed E-state index contributed by atoms with van der Waals surface area (Å²) in [7, 11) is 0. The van der Waals surface area contributed by atoms with E-state index in [0.717, 1.165) is 15.7 Å². The number of carboxylic acid groups (broad SMARTS) is 1. The summed E-state index contributed by atoms with van der Waals surface area (Å²) in [4.78, 5) is 27.0. The third kappa shape index (κ3) is 4.51. The van der Waals surface area contributed by atoms with E-state index in [0.29, 0.717) is 5.56 Å². The molecule has 0 saturated heterocycles. The molecule has 1 atom stereocenters. The molecule has 0 aliphatic carbocycles. The predicted octanol–water partition coefficient (Wildman–Crippen LogP) is 2.09. The molecule has 29 heavy (non-hydrogen) atoms. The van der Waals surface area contributed by atoms with Crippen molar-refractivity contribution in [2.75, 3.05) is 0 Å². The first kappa shape index (κ1) is 19.9. The number of rotatable bonds is 4. The number of aliphatic hydroxyl groups is 1. The van der Waals surface area contributed by atoms with Crippen molar-refractivity contribution in [1.82, 2.24) is 9.55 Å². The van der Waals surface area contributed by atoms with Crippen molar-refractivity contribution < 1.29 is 20.1 Å². The minimum atomic E-state index is -1.50. The second-order valence-electron chi connectivity index (χ2n) is 6.33. The van der Waals surface area contributed by atoms with Crippen LogP contribution in [0.4, 0.5) is 0 Å². The van der Waals surface area contributed by atoms with Gasteiger partial charge < -0.3 is 15.3 Å². The lowest BCUT2D eigenvalue weighted by Gasteiger charge is -2.16. The van der Waals surface area contributed by atoms with E-state index in [1.54, 1.807) is 24.3 Å². The van der Waals surface area contributed by atoms with Crippen LogP contribution in [0.25, 0.3) is 0 Å². The Morgan fingerprint density at radius 2 is 1.66 bits per heavy atom. The predicted molar refractivity (Wildman–Crippen MR) is 106 cm³/mol. The maximum absolute atomic E-state index is 12.2. The number of benzene rings is 2. The third-order valence-electron chi connectivity index (χ3n) is 4.31. The van der Waals surface area contributed by atoms with Gasteiger partial charge in [0, 0.05) is 11.1 Å². The van der Waals surface area contributed by atoms with Gasteiger partial charge in [-0.25, -0.2) is 9.78 Å². The molecular weight excluding hydrogens is 372 g/mol. The topological polar surface area (TPSA) is 113 Å². The van der Waals surface area contributed by atoms with Gasteiger partial charge in [-0.05, 0) is 36.8 Å². The van der Waals surface area contributed by atoms with E-state index in [1.807, 2.05) is 30.3 Å². The molecule has 0 saturated carbocycles. The van der Waals surface area contributed by atoms with Crippen LogP contribution < -0.4 is 5.56 Å². The zero-order valence-electron chi connectivity index (χ0n) is 15.5. The van der Waals surface area contributed by atoms with Gasteiger partial charge in [0.05, 0.1) is 12.6 Å². The van der Waals surface area contributed by atoms with Crippen LogP contribution in [0.1, 0.15) is 39.1 Å². The zero-order valence-corrected chi connectivity index (χ0v) is 15.5. The van der Waals surface area contributed by atoms with Crippen molar-refractivity contribution in [1.29, 1.82) is 0 Å². The highest BCUT2D eigenvalue weighted by Crippen LogP contribution is 2.17. The summed E-state index contributed by atoms with van der Waals surface area (Å²) in [6.45, 7) is 1.25. The zero-order chi connectivity index (χ0) is 21.0. The standard InChI is InChI=1S/C22H18N2O5/c1-14-23-19(22(28)29)20(26)21(27)24(14)13-18(25)17-11-9-16(10-12-17)8-7-15-5-3-2-4-6-15/h2-6,9-12,18,25-26H,13H2,1H3,(H,28,29). The van der Waals surface area contributed by atoms with Gasteiger partial charge in [-0.2, -0.15) is 0 Å².